The summed E-state index contributed by atoms with van der Waals surface area (Å²) in [5.41, 5.74) is 0.783. The van der Waals surface area contributed by atoms with Gasteiger partial charge >= 0.3 is 6.18 Å². The molecule has 1 atom stereocenters. The van der Waals surface area contributed by atoms with Crippen molar-refractivity contribution in [2.24, 2.45) is 0 Å². The first-order valence-electron chi connectivity index (χ1n) is 13.0. The SMILES string of the molecule is C#Cc1cc(C)c(NC(=O)c2cc(Cn3nnc(C(F)(F)F)n3)nn2-c2c(Cl)cccc2Cl)c(C(=O)NC2CCS(=O)(=O)C2)c1. The van der Waals surface area contributed by atoms with Crippen LogP contribution in [0.25, 0.3) is 5.69 Å². The van der Waals surface area contributed by atoms with Gasteiger partial charge < -0.3 is 10.6 Å². The number of aromatic nitrogens is 6. The van der Waals surface area contributed by atoms with Crippen molar-refractivity contribution in [2.45, 2.75) is 32.1 Å². The number of aryl methyl sites for hydroxylation is 1. The number of rotatable bonds is 7. The number of tetrazole rings is 1. The van der Waals surface area contributed by atoms with E-state index in [-0.39, 0.29) is 56.3 Å². The van der Waals surface area contributed by atoms with Crippen molar-refractivity contribution in [3.8, 4) is 18.0 Å². The molecule has 3 heterocycles. The number of nitrogens with one attached hydrogen (secondary N) is 2. The molecule has 234 valence electrons. The summed E-state index contributed by atoms with van der Waals surface area (Å²) >= 11 is 12.8. The van der Waals surface area contributed by atoms with Gasteiger partial charge in [-0.25, -0.2) is 13.1 Å². The predicted octanol–water partition coefficient (Wildman–Crippen LogP) is 3.69. The molecule has 1 unspecified atom stereocenters. The molecule has 2 N–H and O–H groups in total. The van der Waals surface area contributed by atoms with E-state index in [1.165, 1.54) is 24.3 Å². The Morgan fingerprint density at radius 2 is 1.84 bits per heavy atom. The average molecular weight is 681 g/mol. The zero-order valence-corrected chi connectivity index (χ0v) is 25.4. The Kier molecular flexibility index (Phi) is 8.62. The summed E-state index contributed by atoms with van der Waals surface area (Å²) in [6.45, 7) is 1.20. The van der Waals surface area contributed by atoms with Crippen molar-refractivity contribution in [3.63, 3.8) is 0 Å². The third-order valence-corrected chi connectivity index (χ3v) is 9.08. The first-order chi connectivity index (χ1) is 21.1. The van der Waals surface area contributed by atoms with Crippen LogP contribution >= 0.6 is 23.2 Å². The first-order valence-corrected chi connectivity index (χ1v) is 15.5. The lowest BCUT2D eigenvalue weighted by atomic mass is 10.0. The van der Waals surface area contributed by atoms with Crippen LogP contribution in [0, 0.1) is 19.3 Å². The van der Waals surface area contributed by atoms with Gasteiger partial charge in [0.05, 0.1) is 38.5 Å². The van der Waals surface area contributed by atoms with Crippen LogP contribution in [0.4, 0.5) is 18.9 Å². The Balaban J connectivity index is 1.53. The second-order valence-electron chi connectivity index (χ2n) is 10.0. The molecule has 0 aliphatic carbocycles. The third-order valence-electron chi connectivity index (χ3n) is 6.70. The molecule has 0 spiro atoms. The highest BCUT2D eigenvalue weighted by atomic mass is 35.5. The van der Waals surface area contributed by atoms with Crippen LogP contribution in [0.5, 0.6) is 0 Å². The molecule has 0 bridgehead atoms. The molecule has 1 saturated heterocycles. The summed E-state index contributed by atoms with van der Waals surface area (Å²) in [6, 6.07) is 8.13. The van der Waals surface area contributed by atoms with Crippen LogP contribution < -0.4 is 10.6 Å². The van der Waals surface area contributed by atoms with E-state index in [0.29, 0.717) is 15.9 Å². The average Bonchev–Trinajstić information content (AvgIpc) is 3.68. The number of hydrogen-bond acceptors (Lipinski definition) is 8. The van der Waals surface area contributed by atoms with E-state index in [1.807, 2.05) is 0 Å². The van der Waals surface area contributed by atoms with Crippen molar-refractivity contribution in [3.05, 3.63) is 80.3 Å². The molecule has 2 aromatic heterocycles. The molecule has 4 aromatic rings. The minimum absolute atomic E-state index is 0.0193. The molecule has 45 heavy (non-hydrogen) atoms. The molecule has 1 aliphatic heterocycles. The maximum atomic E-state index is 13.8. The second-order valence-corrected chi connectivity index (χ2v) is 13.1. The van der Waals surface area contributed by atoms with Gasteiger partial charge in [-0.2, -0.15) is 23.1 Å². The van der Waals surface area contributed by atoms with Crippen LogP contribution in [0.15, 0.2) is 36.4 Å². The molecule has 18 heteroatoms. The van der Waals surface area contributed by atoms with Crippen LogP contribution in [0.2, 0.25) is 10.0 Å². The van der Waals surface area contributed by atoms with Gasteiger partial charge in [-0.15, -0.1) is 16.6 Å². The number of nitrogens with zero attached hydrogens (tertiary/aromatic N) is 6. The third kappa shape index (κ3) is 6.95. The fraction of sp³-hybridized carbons (Fsp3) is 0.259. The fourth-order valence-electron chi connectivity index (χ4n) is 4.66. The smallest absolute Gasteiger partial charge is 0.348 e. The van der Waals surface area contributed by atoms with Gasteiger partial charge in [0.25, 0.3) is 17.6 Å². The monoisotopic (exact) mass is 680 g/mol. The zero-order chi connectivity index (χ0) is 32.7. The molecule has 1 aliphatic rings. The van der Waals surface area contributed by atoms with Crippen molar-refractivity contribution < 1.29 is 31.2 Å². The first kappa shape index (κ1) is 31.9. The molecular weight excluding hydrogens is 660 g/mol. The van der Waals surface area contributed by atoms with Gasteiger partial charge in [-0.3, -0.25) is 9.59 Å². The lowest BCUT2D eigenvalue weighted by Crippen LogP contribution is -2.36. The quantitative estimate of drug-likeness (QED) is 0.280. The van der Waals surface area contributed by atoms with E-state index >= 15 is 0 Å². The largest absolute Gasteiger partial charge is 0.455 e. The number of amides is 2. The van der Waals surface area contributed by atoms with Gasteiger partial charge in [0.2, 0.25) is 0 Å². The Labute approximate surface area is 263 Å². The Morgan fingerprint density at radius 1 is 1.13 bits per heavy atom. The van der Waals surface area contributed by atoms with E-state index < -0.39 is 46.2 Å². The normalized spacial score (nSPS) is 15.9. The summed E-state index contributed by atoms with van der Waals surface area (Å²) in [5.74, 6) is -0.768. The van der Waals surface area contributed by atoms with Gasteiger partial charge in [0.15, 0.2) is 9.84 Å². The number of sulfone groups is 1. The Bertz CT molecular complexity index is 1970. The van der Waals surface area contributed by atoms with Crippen molar-refractivity contribution in [1.29, 1.82) is 0 Å². The number of alkyl halides is 3. The lowest BCUT2D eigenvalue weighted by molar-refractivity contribution is -0.145. The molecule has 2 aromatic carbocycles. The number of benzene rings is 2. The number of carbonyl (C=O) groups excluding carboxylic acids is 2. The molecule has 12 nitrogen and oxygen atoms in total. The highest BCUT2D eigenvalue weighted by Gasteiger charge is 2.37. The lowest BCUT2D eigenvalue weighted by Gasteiger charge is -2.17. The predicted molar refractivity (Wildman–Crippen MR) is 157 cm³/mol. The Hall–Kier alpha value is -4.46. The standard InChI is InChI=1S/C27H21Cl2F3N8O4S/c1-3-15-9-14(2)22(18(10-15)24(41)33-16-7-8-45(43,44)13-16)34-25(42)21-11-17(12-39-37-26(35-38-39)27(30,31)32)36-40(21)23-19(28)5-4-6-20(23)29/h1,4-6,9-11,16H,7-8,12-13H2,2H3,(H,33,41)(H,34,42). The van der Waals surface area contributed by atoms with E-state index in [1.54, 1.807) is 19.1 Å². The molecule has 0 saturated carbocycles. The molecule has 5 rings (SSSR count). The molecular formula is C27H21Cl2F3N8O4S. The second kappa shape index (κ2) is 12.1. The van der Waals surface area contributed by atoms with Gasteiger partial charge in [-0.1, -0.05) is 35.2 Å². The number of anilines is 1. The maximum Gasteiger partial charge on any atom is 0.455 e. The summed E-state index contributed by atoms with van der Waals surface area (Å²) in [6.07, 6.45) is 0.978. The van der Waals surface area contributed by atoms with E-state index in [0.717, 1.165) is 4.68 Å². The summed E-state index contributed by atoms with van der Waals surface area (Å²) in [4.78, 5) is 27.8. The minimum atomic E-state index is -4.82. The van der Waals surface area contributed by atoms with Gasteiger partial charge in [0.1, 0.15) is 17.9 Å². The number of halogens is 5. The fourth-order valence-corrected chi connectivity index (χ4v) is 6.90. The van der Waals surface area contributed by atoms with Gasteiger partial charge in [0, 0.05) is 11.6 Å². The highest BCUT2D eigenvalue weighted by molar-refractivity contribution is 7.91. The number of terminal acetylenes is 1. The number of carbonyl (C=O) groups is 2. The van der Waals surface area contributed by atoms with E-state index in [9.17, 15) is 31.2 Å². The van der Waals surface area contributed by atoms with Crippen LogP contribution in [0.1, 0.15) is 49.9 Å². The zero-order valence-electron chi connectivity index (χ0n) is 23.1. The summed E-state index contributed by atoms with van der Waals surface area (Å²) in [7, 11) is -3.29. The molecule has 1 fully saturated rings. The maximum absolute atomic E-state index is 13.8. The molecule has 2 amide bonds. The van der Waals surface area contributed by atoms with Crippen molar-refractivity contribution >= 4 is 50.5 Å². The summed E-state index contributed by atoms with van der Waals surface area (Å²) < 4.78 is 63.9. The number of para-hydroxylation sites is 1. The summed E-state index contributed by atoms with van der Waals surface area (Å²) in [5, 5.41) is 19.6. The van der Waals surface area contributed by atoms with E-state index in [4.69, 9.17) is 29.6 Å². The Morgan fingerprint density at radius 3 is 2.44 bits per heavy atom. The van der Waals surface area contributed by atoms with Crippen molar-refractivity contribution in [2.75, 3.05) is 16.8 Å². The van der Waals surface area contributed by atoms with Gasteiger partial charge in [-0.05, 0) is 54.5 Å². The van der Waals surface area contributed by atoms with Crippen LogP contribution in [0.3, 0.4) is 0 Å². The van der Waals surface area contributed by atoms with Crippen LogP contribution in [-0.2, 0) is 22.6 Å². The minimum Gasteiger partial charge on any atom is -0.348 e. The van der Waals surface area contributed by atoms with Crippen molar-refractivity contribution in [1.82, 2.24) is 35.3 Å². The van der Waals surface area contributed by atoms with Crippen LogP contribution in [-0.4, -0.2) is 67.8 Å². The highest BCUT2D eigenvalue weighted by Crippen LogP contribution is 2.31. The van der Waals surface area contributed by atoms with E-state index in [2.05, 4.69) is 37.1 Å². The topological polar surface area (TPSA) is 154 Å². The molecule has 0 radical (unpaired) electrons. The number of hydrogen-bond donors (Lipinski definition) is 2.